The Kier molecular flexibility index (Phi) is 7.01. The summed E-state index contributed by atoms with van der Waals surface area (Å²) in [6.45, 7) is 8.43. The third-order valence-electron chi connectivity index (χ3n) is 6.28. The summed E-state index contributed by atoms with van der Waals surface area (Å²) < 4.78 is 3.53. The van der Waals surface area contributed by atoms with Crippen LogP contribution in [0, 0.1) is 0 Å². The summed E-state index contributed by atoms with van der Waals surface area (Å²) in [5, 5.41) is 8.38. The van der Waals surface area contributed by atoms with Crippen molar-refractivity contribution < 1.29 is 0 Å². The number of aromatic nitrogens is 3. The Bertz CT molecular complexity index is 1110. The summed E-state index contributed by atoms with van der Waals surface area (Å²) in [5.74, 6) is 1.77. The number of benzene rings is 1. The van der Waals surface area contributed by atoms with E-state index >= 15 is 0 Å². The highest BCUT2D eigenvalue weighted by molar-refractivity contribution is 7.97. The van der Waals surface area contributed by atoms with Crippen LogP contribution in [-0.2, 0) is 0 Å². The minimum atomic E-state index is -0.0932. The van der Waals surface area contributed by atoms with Crippen molar-refractivity contribution in [2.24, 2.45) is 0 Å². The zero-order valence-corrected chi connectivity index (χ0v) is 20.9. The smallest absolute Gasteiger partial charge is 0.263 e. The first kappa shape index (κ1) is 22.8. The largest absolute Gasteiger partial charge is 0.365 e. The van der Waals surface area contributed by atoms with Crippen molar-refractivity contribution >= 4 is 39.3 Å². The molecule has 0 spiro atoms. The zero-order valence-electron chi connectivity index (χ0n) is 19.3. The summed E-state index contributed by atoms with van der Waals surface area (Å²) in [7, 11) is 0. The average Bonchev–Trinajstić information content (AvgIpc) is 3.23. The van der Waals surface area contributed by atoms with Crippen LogP contribution in [0.4, 0.5) is 5.82 Å². The van der Waals surface area contributed by atoms with Crippen LogP contribution in [0.25, 0.3) is 20.8 Å². The number of nitrogens with zero attached hydrogens (tertiary/aromatic N) is 3. The summed E-state index contributed by atoms with van der Waals surface area (Å²) in [6.07, 6.45) is 4.21. The first-order valence-corrected chi connectivity index (χ1v) is 13.6. The highest BCUT2D eigenvalue weighted by atomic mass is 32.2. The molecule has 3 N–H and O–H groups in total. The van der Waals surface area contributed by atoms with E-state index in [1.807, 2.05) is 36.2 Å². The molecule has 0 amide bonds. The molecule has 2 saturated heterocycles. The van der Waals surface area contributed by atoms with E-state index < -0.39 is 0 Å². The number of fused-ring (bicyclic) bond motifs is 1. The molecule has 1 atom stereocenters. The molecule has 3 aromatic rings. The number of para-hydroxylation sites is 1. The van der Waals surface area contributed by atoms with E-state index in [1.54, 1.807) is 11.3 Å². The van der Waals surface area contributed by atoms with Crippen LogP contribution in [0.15, 0.2) is 29.1 Å². The van der Waals surface area contributed by atoms with Gasteiger partial charge < -0.3 is 15.6 Å². The minimum Gasteiger partial charge on any atom is -0.365 e. The van der Waals surface area contributed by atoms with Crippen molar-refractivity contribution in [3.05, 3.63) is 40.4 Å². The van der Waals surface area contributed by atoms with E-state index in [0.29, 0.717) is 16.6 Å². The Balaban J connectivity index is 1.47. The van der Waals surface area contributed by atoms with Gasteiger partial charge >= 0.3 is 0 Å². The Morgan fingerprint density at radius 1 is 1.18 bits per heavy atom. The fourth-order valence-corrected chi connectivity index (χ4v) is 6.69. The van der Waals surface area contributed by atoms with Gasteiger partial charge in [0.1, 0.15) is 22.2 Å². The third-order valence-corrected chi connectivity index (χ3v) is 8.42. The normalized spacial score (nSPS) is 20.5. The molecule has 176 valence electrons. The molecule has 0 aliphatic carbocycles. The van der Waals surface area contributed by atoms with Crippen LogP contribution in [-0.4, -0.2) is 56.7 Å². The fraction of sp³-hybridized carbons (Fsp3) is 0.542. The Morgan fingerprint density at radius 3 is 2.73 bits per heavy atom. The van der Waals surface area contributed by atoms with Crippen molar-refractivity contribution in [3.63, 3.8) is 0 Å². The number of H-pyrrole nitrogens is 1. The van der Waals surface area contributed by atoms with E-state index in [1.165, 1.54) is 0 Å². The van der Waals surface area contributed by atoms with E-state index in [0.717, 1.165) is 72.9 Å². The summed E-state index contributed by atoms with van der Waals surface area (Å²) in [4.78, 5) is 26.4. The van der Waals surface area contributed by atoms with E-state index in [9.17, 15) is 4.79 Å². The van der Waals surface area contributed by atoms with Gasteiger partial charge in [0.05, 0.1) is 10.2 Å². The predicted octanol–water partition coefficient (Wildman–Crippen LogP) is 4.45. The quantitative estimate of drug-likeness (QED) is 0.446. The van der Waals surface area contributed by atoms with Gasteiger partial charge in [0.15, 0.2) is 0 Å². The van der Waals surface area contributed by atoms with E-state index in [-0.39, 0.29) is 17.5 Å². The zero-order chi connectivity index (χ0) is 22.8. The third kappa shape index (κ3) is 5.26. The van der Waals surface area contributed by atoms with Crippen molar-refractivity contribution in [1.82, 2.24) is 24.6 Å². The first-order valence-electron chi connectivity index (χ1n) is 12.0. The highest BCUT2D eigenvalue weighted by Crippen LogP contribution is 2.34. The van der Waals surface area contributed by atoms with Crippen molar-refractivity contribution in [2.45, 2.75) is 56.7 Å². The summed E-state index contributed by atoms with van der Waals surface area (Å²) in [5.41, 5.74) is 1.39. The molecular weight excluding hydrogens is 452 g/mol. The number of aromatic amines is 1. The predicted molar refractivity (Wildman–Crippen MR) is 139 cm³/mol. The lowest BCUT2D eigenvalue weighted by Gasteiger charge is -2.32. The number of thiazole rings is 1. The highest BCUT2D eigenvalue weighted by Gasteiger charge is 2.27. The van der Waals surface area contributed by atoms with E-state index in [2.05, 4.69) is 33.8 Å². The molecule has 0 saturated carbocycles. The molecule has 1 aromatic carbocycles. The van der Waals surface area contributed by atoms with Crippen molar-refractivity contribution in [2.75, 3.05) is 31.5 Å². The lowest BCUT2D eigenvalue weighted by Crippen LogP contribution is -2.39. The number of nitrogens with one attached hydrogen (secondary N) is 3. The van der Waals surface area contributed by atoms with Gasteiger partial charge in [0.25, 0.3) is 5.56 Å². The lowest BCUT2D eigenvalue weighted by atomic mass is 9.97. The molecule has 0 radical (unpaired) electrons. The van der Waals surface area contributed by atoms with Gasteiger partial charge in [0, 0.05) is 36.8 Å². The summed E-state index contributed by atoms with van der Waals surface area (Å²) >= 11 is 3.47. The number of anilines is 1. The summed E-state index contributed by atoms with van der Waals surface area (Å²) in [6, 6.07) is 8.29. The monoisotopic (exact) mass is 484 g/mol. The maximum atomic E-state index is 13.4. The standard InChI is InChI=1S/C24H32N6OS2/c1-15(2)33-30-12-9-16(10-13-30)21-28-22(26-17-6-5-11-25-14-17)20(23(31)29-21)24-27-18-7-3-4-8-19(18)32-24/h3-4,7-8,15-17,25H,5-6,9-14H2,1-2H3,(H2,26,28,29,31). The van der Waals surface area contributed by atoms with Crippen molar-refractivity contribution in [3.8, 4) is 10.6 Å². The number of hydrogen-bond donors (Lipinski definition) is 3. The van der Waals surface area contributed by atoms with Crippen LogP contribution in [0.5, 0.6) is 0 Å². The number of rotatable bonds is 6. The second-order valence-corrected chi connectivity index (χ2v) is 11.9. The number of piperidine rings is 2. The molecule has 2 aromatic heterocycles. The van der Waals surface area contributed by atoms with Gasteiger partial charge in [-0.25, -0.2) is 9.97 Å². The van der Waals surface area contributed by atoms with Crippen LogP contribution in [0.3, 0.4) is 0 Å². The van der Waals surface area contributed by atoms with Crippen molar-refractivity contribution in [1.29, 1.82) is 0 Å². The molecule has 2 fully saturated rings. The molecule has 1 unspecified atom stereocenters. The minimum absolute atomic E-state index is 0.0932. The van der Waals surface area contributed by atoms with Crippen LogP contribution in [0.2, 0.25) is 0 Å². The van der Waals surface area contributed by atoms with Gasteiger partial charge in [-0.05, 0) is 44.4 Å². The fourth-order valence-electron chi connectivity index (χ4n) is 4.67. The molecule has 4 heterocycles. The van der Waals surface area contributed by atoms with Gasteiger partial charge in [-0.3, -0.25) is 9.10 Å². The topological polar surface area (TPSA) is 85.9 Å². The first-order chi connectivity index (χ1) is 16.1. The number of hydrogen-bond acceptors (Lipinski definition) is 8. The molecule has 33 heavy (non-hydrogen) atoms. The Morgan fingerprint density at radius 2 is 2.00 bits per heavy atom. The van der Waals surface area contributed by atoms with Crippen LogP contribution >= 0.6 is 23.3 Å². The van der Waals surface area contributed by atoms with Gasteiger partial charge in [0.2, 0.25) is 0 Å². The van der Waals surface area contributed by atoms with Gasteiger partial charge in [-0.1, -0.05) is 37.9 Å². The van der Waals surface area contributed by atoms with Crippen LogP contribution in [0.1, 0.15) is 51.3 Å². The maximum Gasteiger partial charge on any atom is 0.263 e. The maximum absolute atomic E-state index is 13.4. The van der Waals surface area contributed by atoms with Gasteiger partial charge in [-0.2, -0.15) is 0 Å². The molecule has 2 aliphatic heterocycles. The van der Waals surface area contributed by atoms with Gasteiger partial charge in [-0.15, -0.1) is 11.3 Å². The SMILES string of the molecule is CC(C)SN1CCC(c2nc(NC3CCCNC3)c(-c3nc4ccccc4s3)c(=O)[nH]2)CC1. The molecule has 9 heteroatoms. The Hall–Kier alpha value is -1.94. The molecule has 5 rings (SSSR count). The van der Waals surface area contributed by atoms with Crippen LogP contribution < -0.4 is 16.2 Å². The Labute approximate surface area is 202 Å². The molecule has 7 nitrogen and oxygen atoms in total. The molecular formula is C24H32N6OS2. The molecule has 0 bridgehead atoms. The second-order valence-electron chi connectivity index (χ2n) is 9.21. The van der Waals surface area contributed by atoms with E-state index in [4.69, 9.17) is 9.97 Å². The lowest BCUT2D eigenvalue weighted by molar-refractivity contribution is 0.337. The average molecular weight is 485 g/mol. The molecule has 2 aliphatic rings. The second kappa shape index (κ2) is 10.1.